The molecule has 0 aliphatic heterocycles. The zero-order valence-corrected chi connectivity index (χ0v) is 12.3. The molecule has 0 atom stereocenters. The molecule has 0 fully saturated rings. The van der Waals surface area contributed by atoms with Crippen molar-refractivity contribution in [3.05, 3.63) is 47.7 Å². The fraction of sp³-hybridized carbons (Fsp3) is 0.267. The molecule has 21 heavy (non-hydrogen) atoms. The van der Waals surface area contributed by atoms with Gasteiger partial charge in [0.25, 0.3) is 0 Å². The van der Waals surface area contributed by atoms with Crippen LogP contribution in [0.15, 0.2) is 30.7 Å². The lowest BCUT2D eigenvalue weighted by atomic mass is 10.2. The predicted molar refractivity (Wildman–Crippen MR) is 81.0 cm³/mol. The summed E-state index contributed by atoms with van der Waals surface area (Å²) in [6, 6.07) is 1.91. The maximum atomic E-state index is 10.5. The van der Waals surface area contributed by atoms with E-state index in [0.29, 0.717) is 6.54 Å². The summed E-state index contributed by atoms with van der Waals surface area (Å²) in [5.41, 5.74) is 1.75. The number of rotatable bonds is 5. The minimum atomic E-state index is -0.969. The van der Waals surface area contributed by atoms with Gasteiger partial charge >= 0.3 is 5.97 Å². The lowest BCUT2D eigenvalue weighted by Gasteiger charge is -2.20. The standard InChI is InChI=1S/C15H18N4O2/c1-11-8-12(4-5-14(20)21)9-17-15(11)19(3)10-13-16-6-7-18(13)2/h4-9H,10H2,1-3H3,(H,20,21)/b5-4+. The van der Waals surface area contributed by atoms with Crippen molar-refractivity contribution in [2.24, 2.45) is 7.05 Å². The van der Waals surface area contributed by atoms with Crippen LogP contribution in [0.1, 0.15) is 17.0 Å². The number of aryl methyl sites for hydroxylation is 2. The van der Waals surface area contributed by atoms with Gasteiger partial charge in [0.1, 0.15) is 11.6 Å². The molecular weight excluding hydrogens is 268 g/mol. The van der Waals surface area contributed by atoms with Gasteiger partial charge in [0.2, 0.25) is 0 Å². The summed E-state index contributed by atoms with van der Waals surface area (Å²) >= 11 is 0. The molecule has 2 rings (SSSR count). The molecule has 0 amide bonds. The molecule has 0 aromatic carbocycles. The summed E-state index contributed by atoms with van der Waals surface area (Å²) in [7, 11) is 3.91. The summed E-state index contributed by atoms with van der Waals surface area (Å²) in [6.07, 6.45) is 7.97. The molecule has 6 nitrogen and oxygen atoms in total. The fourth-order valence-corrected chi connectivity index (χ4v) is 2.08. The van der Waals surface area contributed by atoms with E-state index < -0.39 is 5.97 Å². The number of aliphatic carboxylic acids is 1. The normalized spacial score (nSPS) is 11.0. The van der Waals surface area contributed by atoms with Crippen LogP contribution in [0.2, 0.25) is 0 Å². The van der Waals surface area contributed by atoms with Gasteiger partial charge in [0.15, 0.2) is 0 Å². The first-order valence-corrected chi connectivity index (χ1v) is 6.52. The number of aromatic nitrogens is 3. The van der Waals surface area contributed by atoms with Gasteiger partial charge in [-0.15, -0.1) is 0 Å². The molecule has 2 heterocycles. The quantitative estimate of drug-likeness (QED) is 0.849. The highest BCUT2D eigenvalue weighted by molar-refractivity contribution is 5.85. The Bertz CT molecular complexity index is 676. The predicted octanol–water partition coefficient (Wildman–Crippen LogP) is 1.86. The van der Waals surface area contributed by atoms with E-state index in [0.717, 1.165) is 28.8 Å². The highest BCUT2D eigenvalue weighted by Gasteiger charge is 2.09. The van der Waals surface area contributed by atoms with Crippen LogP contribution in [-0.4, -0.2) is 32.7 Å². The summed E-state index contributed by atoms with van der Waals surface area (Å²) < 4.78 is 1.97. The number of carboxylic acid groups (broad SMARTS) is 1. The van der Waals surface area contributed by atoms with Crippen LogP contribution in [0.4, 0.5) is 5.82 Å². The van der Waals surface area contributed by atoms with Crippen LogP contribution in [0.5, 0.6) is 0 Å². The molecule has 110 valence electrons. The maximum absolute atomic E-state index is 10.5. The van der Waals surface area contributed by atoms with E-state index in [9.17, 15) is 4.79 Å². The molecule has 2 aromatic rings. The molecule has 0 spiro atoms. The average molecular weight is 286 g/mol. The molecule has 0 radical (unpaired) electrons. The van der Waals surface area contributed by atoms with E-state index in [1.807, 2.05) is 42.7 Å². The third-order valence-corrected chi connectivity index (χ3v) is 3.15. The van der Waals surface area contributed by atoms with Crippen LogP contribution < -0.4 is 4.90 Å². The van der Waals surface area contributed by atoms with Crippen LogP contribution >= 0.6 is 0 Å². The first-order valence-electron chi connectivity index (χ1n) is 6.52. The van der Waals surface area contributed by atoms with Gasteiger partial charge in [-0.3, -0.25) is 0 Å². The third-order valence-electron chi connectivity index (χ3n) is 3.15. The Morgan fingerprint density at radius 2 is 2.24 bits per heavy atom. The van der Waals surface area contributed by atoms with Crippen molar-refractivity contribution in [2.75, 3.05) is 11.9 Å². The largest absolute Gasteiger partial charge is 0.478 e. The van der Waals surface area contributed by atoms with Gasteiger partial charge in [-0.05, 0) is 30.2 Å². The van der Waals surface area contributed by atoms with Gasteiger partial charge in [-0.1, -0.05) is 0 Å². The number of pyridine rings is 1. The number of carboxylic acids is 1. The lowest BCUT2D eigenvalue weighted by Crippen LogP contribution is -2.21. The van der Waals surface area contributed by atoms with E-state index in [4.69, 9.17) is 5.11 Å². The Balaban J connectivity index is 2.16. The maximum Gasteiger partial charge on any atom is 0.328 e. The molecule has 0 unspecified atom stereocenters. The molecule has 0 aliphatic carbocycles. The minimum absolute atomic E-state index is 0.654. The third kappa shape index (κ3) is 3.68. The zero-order valence-electron chi connectivity index (χ0n) is 12.3. The summed E-state index contributed by atoms with van der Waals surface area (Å²) in [5.74, 6) is 0.836. The highest BCUT2D eigenvalue weighted by Crippen LogP contribution is 2.19. The number of imidazole rings is 1. The van der Waals surface area contributed by atoms with Gasteiger partial charge in [-0.25, -0.2) is 14.8 Å². The Morgan fingerprint density at radius 1 is 1.48 bits per heavy atom. The minimum Gasteiger partial charge on any atom is -0.478 e. The molecule has 6 heteroatoms. The van der Waals surface area contributed by atoms with Crippen molar-refractivity contribution in [3.63, 3.8) is 0 Å². The van der Waals surface area contributed by atoms with E-state index in [1.165, 1.54) is 6.08 Å². The van der Waals surface area contributed by atoms with Crippen LogP contribution in [-0.2, 0) is 18.4 Å². The Kier molecular flexibility index (Phi) is 4.37. The summed E-state index contributed by atoms with van der Waals surface area (Å²) in [4.78, 5) is 21.2. The SMILES string of the molecule is Cc1cc(/C=C/C(=O)O)cnc1N(C)Cc1nccn1C. The second kappa shape index (κ2) is 6.21. The fourth-order valence-electron chi connectivity index (χ4n) is 2.08. The number of anilines is 1. The van der Waals surface area contributed by atoms with E-state index in [1.54, 1.807) is 12.4 Å². The first kappa shape index (κ1) is 14.8. The molecule has 0 saturated heterocycles. The van der Waals surface area contributed by atoms with E-state index >= 15 is 0 Å². The average Bonchev–Trinajstić information content (AvgIpc) is 2.82. The Labute approximate surface area is 123 Å². The molecule has 1 N–H and O–H groups in total. The summed E-state index contributed by atoms with van der Waals surface area (Å²) in [5, 5.41) is 8.63. The van der Waals surface area contributed by atoms with Gasteiger partial charge in [0.05, 0.1) is 6.54 Å². The van der Waals surface area contributed by atoms with Crippen LogP contribution in [0.25, 0.3) is 6.08 Å². The van der Waals surface area contributed by atoms with Crippen molar-refractivity contribution in [2.45, 2.75) is 13.5 Å². The van der Waals surface area contributed by atoms with Crippen LogP contribution in [0.3, 0.4) is 0 Å². The Hall–Kier alpha value is -2.63. The van der Waals surface area contributed by atoms with E-state index in [-0.39, 0.29) is 0 Å². The van der Waals surface area contributed by atoms with Gasteiger partial charge in [0, 0.05) is 38.8 Å². The smallest absolute Gasteiger partial charge is 0.328 e. The number of nitrogens with zero attached hydrogens (tertiary/aromatic N) is 4. The second-order valence-corrected chi connectivity index (χ2v) is 4.89. The van der Waals surface area contributed by atoms with E-state index in [2.05, 4.69) is 9.97 Å². The van der Waals surface area contributed by atoms with Crippen molar-refractivity contribution in [1.29, 1.82) is 0 Å². The van der Waals surface area contributed by atoms with Gasteiger partial charge in [-0.2, -0.15) is 0 Å². The van der Waals surface area contributed by atoms with Crippen molar-refractivity contribution in [3.8, 4) is 0 Å². The zero-order chi connectivity index (χ0) is 15.4. The molecule has 0 bridgehead atoms. The molecule has 2 aromatic heterocycles. The lowest BCUT2D eigenvalue weighted by molar-refractivity contribution is -0.131. The van der Waals surface area contributed by atoms with Crippen LogP contribution in [0, 0.1) is 6.92 Å². The first-order chi connectivity index (χ1) is 9.97. The van der Waals surface area contributed by atoms with Crippen molar-refractivity contribution >= 4 is 17.9 Å². The molecule has 0 saturated carbocycles. The topological polar surface area (TPSA) is 71.2 Å². The second-order valence-electron chi connectivity index (χ2n) is 4.89. The molecular formula is C15H18N4O2. The number of carbonyl (C=O) groups is 1. The van der Waals surface area contributed by atoms with Crippen molar-refractivity contribution in [1.82, 2.24) is 14.5 Å². The van der Waals surface area contributed by atoms with Crippen molar-refractivity contribution < 1.29 is 9.90 Å². The summed E-state index contributed by atoms with van der Waals surface area (Å²) in [6.45, 7) is 2.61. The Morgan fingerprint density at radius 3 is 2.81 bits per heavy atom. The highest BCUT2D eigenvalue weighted by atomic mass is 16.4. The number of hydrogen-bond donors (Lipinski definition) is 1. The monoisotopic (exact) mass is 286 g/mol. The number of hydrogen-bond acceptors (Lipinski definition) is 4. The molecule has 0 aliphatic rings. The van der Waals surface area contributed by atoms with Gasteiger partial charge < -0.3 is 14.6 Å².